The van der Waals surface area contributed by atoms with Crippen LogP contribution in [-0.2, 0) is 0 Å². The molecule has 2 aromatic heterocycles. The fourth-order valence-corrected chi connectivity index (χ4v) is 3.66. The van der Waals surface area contributed by atoms with Gasteiger partial charge < -0.3 is 25.7 Å². The maximum Gasteiger partial charge on any atom is 0.261 e. The van der Waals surface area contributed by atoms with Crippen molar-refractivity contribution in [3.63, 3.8) is 0 Å². The maximum absolute atomic E-state index is 12.2. The highest BCUT2D eigenvalue weighted by molar-refractivity contribution is 7.20. The van der Waals surface area contributed by atoms with E-state index >= 15 is 0 Å². The molecule has 9 nitrogen and oxygen atoms in total. The first-order valence-corrected chi connectivity index (χ1v) is 9.14. The Morgan fingerprint density at radius 1 is 1.25 bits per heavy atom. The number of nitrogen functional groups attached to an aromatic ring is 1. The molecule has 3 aromatic rings. The Morgan fingerprint density at radius 2 is 2.00 bits per heavy atom. The number of thiophene rings is 1. The SMILES string of the molecule is CCNC(=O)c1cc2c(/C(=N\O)c3ccc(OC)c(OC)c3)nc(N)nc2s1. The second-order valence-electron chi connectivity index (χ2n) is 5.64. The van der Waals surface area contributed by atoms with Gasteiger partial charge in [-0.25, -0.2) is 9.97 Å². The maximum atomic E-state index is 12.2. The van der Waals surface area contributed by atoms with Crippen LogP contribution in [0.1, 0.15) is 27.9 Å². The van der Waals surface area contributed by atoms with E-state index in [1.807, 2.05) is 6.92 Å². The van der Waals surface area contributed by atoms with Crippen molar-refractivity contribution in [2.75, 3.05) is 26.5 Å². The summed E-state index contributed by atoms with van der Waals surface area (Å²) < 4.78 is 10.5. The third-order valence-corrected chi connectivity index (χ3v) is 4.98. The summed E-state index contributed by atoms with van der Waals surface area (Å²) in [7, 11) is 3.04. The molecule has 0 spiro atoms. The van der Waals surface area contributed by atoms with Gasteiger partial charge in [0.1, 0.15) is 16.2 Å². The molecule has 0 aliphatic rings. The number of fused-ring (bicyclic) bond motifs is 1. The molecule has 0 unspecified atom stereocenters. The van der Waals surface area contributed by atoms with Crippen LogP contribution in [-0.4, -0.2) is 47.6 Å². The molecule has 28 heavy (non-hydrogen) atoms. The summed E-state index contributed by atoms with van der Waals surface area (Å²) in [6.45, 7) is 2.34. The number of amides is 1. The summed E-state index contributed by atoms with van der Waals surface area (Å²) >= 11 is 1.19. The predicted octanol–water partition coefficient (Wildman–Crippen LogP) is 2.27. The van der Waals surface area contributed by atoms with Crippen LogP contribution in [0.5, 0.6) is 11.5 Å². The van der Waals surface area contributed by atoms with E-state index in [-0.39, 0.29) is 17.6 Å². The molecule has 4 N–H and O–H groups in total. The number of hydrogen-bond acceptors (Lipinski definition) is 9. The van der Waals surface area contributed by atoms with E-state index in [9.17, 15) is 10.0 Å². The van der Waals surface area contributed by atoms with Crippen molar-refractivity contribution in [1.29, 1.82) is 0 Å². The van der Waals surface area contributed by atoms with Crippen LogP contribution in [0.4, 0.5) is 5.95 Å². The largest absolute Gasteiger partial charge is 0.493 e. The highest BCUT2D eigenvalue weighted by Crippen LogP contribution is 2.31. The van der Waals surface area contributed by atoms with Crippen molar-refractivity contribution in [3.05, 3.63) is 40.4 Å². The average Bonchev–Trinajstić information content (AvgIpc) is 3.12. The Labute approximate surface area is 164 Å². The molecule has 0 saturated heterocycles. The molecule has 0 bridgehead atoms. The summed E-state index contributed by atoms with van der Waals surface area (Å²) in [5.41, 5.74) is 6.85. The molecule has 0 atom stereocenters. The fourth-order valence-electron chi connectivity index (χ4n) is 2.70. The third-order valence-electron chi connectivity index (χ3n) is 3.95. The second kappa shape index (κ2) is 8.09. The van der Waals surface area contributed by atoms with E-state index in [4.69, 9.17) is 15.2 Å². The Bertz CT molecular complexity index is 1060. The number of nitrogens with two attached hydrogens (primary N) is 1. The summed E-state index contributed by atoms with van der Waals surface area (Å²) in [6, 6.07) is 6.72. The molecular weight excluding hydrogens is 382 g/mol. The van der Waals surface area contributed by atoms with E-state index in [0.717, 1.165) is 0 Å². The number of nitrogens with zero attached hydrogens (tertiary/aromatic N) is 3. The first-order chi connectivity index (χ1) is 13.5. The van der Waals surface area contributed by atoms with Crippen molar-refractivity contribution < 1.29 is 19.5 Å². The number of oxime groups is 1. The average molecular weight is 401 g/mol. The van der Waals surface area contributed by atoms with Gasteiger partial charge in [-0.05, 0) is 31.2 Å². The van der Waals surface area contributed by atoms with Crippen molar-refractivity contribution in [3.8, 4) is 11.5 Å². The number of carbonyl (C=O) groups excluding carboxylic acids is 1. The Kier molecular flexibility index (Phi) is 5.59. The van der Waals surface area contributed by atoms with Gasteiger partial charge in [0, 0.05) is 17.5 Å². The number of ether oxygens (including phenoxy) is 2. The van der Waals surface area contributed by atoms with Crippen LogP contribution < -0.4 is 20.5 Å². The number of carbonyl (C=O) groups is 1. The molecule has 1 aromatic carbocycles. The van der Waals surface area contributed by atoms with Crippen molar-refractivity contribution in [2.45, 2.75) is 6.92 Å². The fraction of sp³-hybridized carbons (Fsp3) is 0.222. The molecule has 2 heterocycles. The van der Waals surface area contributed by atoms with E-state index in [0.29, 0.717) is 44.4 Å². The lowest BCUT2D eigenvalue weighted by Gasteiger charge is -2.11. The van der Waals surface area contributed by atoms with Crippen LogP contribution in [0.3, 0.4) is 0 Å². The minimum Gasteiger partial charge on any atom is -0.493 e. The lowest BCUT2D eigenvalue weighted by molar-refractivity contribution is 0.0960. The number of rotatable bonds is 6. The standard InChI is InChI=1S/C18H19N5O4S/c1-4-20-16(24)13-8-10-15(21-18(19)22-17(10)28-13)14(23-25)9-5-6-11(26-2)12(7-9)27-3/h5-8,25H,4H2,1-3H3,(H,20,24)(H2,19,21,22)/b23-14-. The normalized spacial score (nSPS) is 11.5. The molecule has 0 fully saturated rings. The van der Waals surface area contributed by atoms with Gasteiger partial charge in [0.15, 0.2) is 11.5 Å². The first kappa shape index (κ1) is 19.4. The van der Waals surface area contributed by atoms with Gasteiger partial charge in [0.05, 0.1) is 19.1 Å². The minimum atomic E-state index is -0.219. The zero-order valence-corrected chi connectivity index (χ0v) is 16.3. The van der Waals surface area contributed by atoms with E-state index in [2.05, 4.69) is 20.4 Å². The van der Waals surface area contributed by atoms with Crippen LogP contribution >= 0.6 is 11.3 Å². The highest BCUT2D eigenvalue weighted by atomic mass is 32.1. The zero-order valence-electron chi connectivity index (χ0n) is 15.5. The minimum absolute atomic E-state index is 0.00780. The van der Waals surface area contributed by atoms with Gasteiger partial charge in [-0.15, -0.1) is 11.3 Å². The Balaban J connectivity index is 2.16. The molecule has 0 saturated carbocycles. The summed E-state index contributed by atoms with van der Waals surface area (Å²) in [5, 5.41) is 16.4. The summed E-state index contributed by atoms with van der Waals surface area (Å²) in [4.78, 5) is 21.6. The van der Waals surface area contributed by atoms with Crippen molar-refractivity contribution >= 4 is 39.1 Å². The van der Waals surface area contributed by atoms with Crippen LogP contribution in [0, 0.1) is 0 Å². The number of hydrogen-bond donors (Lipinski definition) is 3. The molecule has 0 aliphatic carbocycles. The van der Waals surface area contributed by atoms with Crippen molar-refractivity contribution in [1.82, 2.24) is 15.3 Å². The lowest BCUT2D eigenvalue weighted by Crippen LogP contribution is -2.21. The number of anilines is 1. The molecule has 0 aliphatic heterocycles. The van der Waals surface area contributed by atoms with E-state index in [1.165, 1.54) is 25.6 Å². The quantitative estimate of drug-likeness (QED) is 0.328. The number of nitrogens with one attached hydrogen (secondary N) is 1. The zero-order chi connectivity index (χ0) is 20.3. The molecule has 3 rings (SSSR count). The number of benzene rings is 1. The van der Waals surface area contributed by atoms with Gasteiger partial charge in [-0.3, -0.25) is 4.79 Å². The van der Waals surface area contributed by atoms with Crippen LogP contribution in [0.15, 0.2) is 29.4 Å². The number of aromatic nitrogens is 2. The smallest absolute Gasteiger partial charge is 0.261 e. The predicted molar refractivity (Wildman–Crippen MR) is 107 cm³/mol. The molecular formula is C18H19N5O4S. The van der Waals surface area contributed by atoms with Gasteiger partial charge >= 0.3 is 0 Å². The first-order valence-electron chi connectivity index (χ1n) is 8.32. The van der Waals surface area contributed by atoms with E-state index < -0.39 is 0 Å². The monoisotopic (exact) mass is 401 g/mol. The molecule has 0 radical (unpaired) electrons. The van der Waals surface area contributed by atoms with Gasteiger partial charge in [-0.2, -0.15) is 0 Å². The summed E-state index contributed by atoms with van der Waals surface area (Å²) in [6.07, 6.45) is 0. The summed E-state index contributed by atoms with van der Waals surface area (Å²) in [5.74, 6) is 0.787. The van der Waals surface area contributed by atoms with Crippen LogP contribution in [0.25, 0.3) is 10.2 Å². The molecule has 1 amide bonds. The second-order valence-corrected chi connectivity index (χ2v) is 6.67. The van der Waals surface area contributed by atoms with Gasteiger partial charge in [0.2, 0.25) is 5.95 Å². The third kappa shape index (κ3) is 3.54. The van der Waals surface area contributed by atoms with Gasteiger partial charge in [-0.1, -0.05) is 5.16 Å². The Morgan fingerprint density at radius 3 is 2.64 bits per heavy atom. The number of methoxy groups -OCH3 is 2. The lowest BCUT2D eigenvalue weighted by atomic mass is 10.0. The van der Waals surface area contributed by atoms with E-state index in [1.54, 1.807) is 24.3 Å². The highest BCUT2D eigenvalue weighted by Gasteiger charge is 2.20. The Hall–Kier alpha value is -3.40. The van der Waals surface area contributed by atoms with Crippen molar-refractivity contribution in [2.24, 2.45) is 5.16 Å². The topological polar surface area (TPSA) is 132 Å². The molecule has 146 valence electrons. The van der Waals surface area contributed by atoms with Gasteiger partial charge in [0.25, 0.3) is 5.91 Å². The molecule has 10 heteroatoms. The van der Waals surface area contributed by atoms with Crippen LogP contribution in [0.2, 0.25) is 0 Å².